The molecule has 0 aromatic heterocycles. The van der Waals surface area contributed by atoms with Gasteiger partial charge in [0.05, 0.1) is 6.10 Å². The lowest BCUT2D eigenvalue weighted by atomic mass is 9.96. The molecular weight excluding hydrogens is 172 g/mol. The van der Waals surface area contributed by atoms with Crippen LogP contribution in [0.1, 0.15) is 34.8 Å². The molecule has 1 nitrogen and oxygen atoms in total. The average molecular weight is 188 g/mol. The van der Waals surface area contributed by atoms with Gasteiger partial charge in [-0.2, -0.15) is 0 Å². The summed E-state index contributed by atoms with van der Waals surface area (Å²) in [7, 11) is 0. The van der Waals surface area contributed by atoms with E-state index in [0.717, 1.165) is 11.1 Å². The Balaban J connectivity index is 3.10. The van der Waals surface area contributed by atoms with Gasteiger partial charge < -0.3 is 5.11 Å². The van der Waals surface area contributed by atoms with Crippen molar-refractivity contribution in [3.8, 4) is 12.3 Å². The van der Waals surface area contributed by atoms with Crippen molar-refractivity contribution in [3.05, 3.63) is 34.4 Å². The topological polar surface area (TPSA) is 20.2 Å². The summed E-state index contributed by atoms with van der Waals surface area (Å²) in [6.45, 7) is 6.11. The fourth-order valence-electron chi connectivity index (χ4n) is 1.56. The van der Waals surface area contributed by atoms with E-state index in [2.05, 4.69) is 18.9 Å². The van der Waals surface area contributed by atoms with Gasteiger partial charge in [0.2, 0.25) is 0 Å². The maximum Gasteiger partial charge on any atom is 0.0901 e. The lowest BCUT2D eigenvalue weighted by Gasteiger charge is -2.13. The number of aliphatic hydroxyl groups excluding tert-OH is 1. The molecule has 1 atom stereocenters. The van der Waals surface area contributed by atoms with Gasteiger partial charge in [-0.3, -0.25) is 0 Å². The van der Waals surface area contributed by atoms with Crippen LogP contribution < -0.4 is 0 Å². The standard InChI is InChI=1S/C13H16O/c1-5-6-13(14)12-8-10(3)9(2)7-11(12)4/h1,7-8,13-14H,6H2,2-4H3. The van der Waals surface area contributed by atoms with E-state index in [0.29, 0.717) is 6.42 Å². The summed E-state index contributed by atoms with van der Waals surface area (Å²) in [6.07, 6.45) is 5.02. The third-order valence-electron chi connectivity index (χ3n) is 2.55. The molecule has 0 amide bonds. The van der Waals surface area contributed by atoms with Crippen LogP contribution in [0.4, 0.5) is 0 Å². The highest BCUT2D eigenvalue weighted by atomic mass is 16.3. The van der Waals surface area contributed by atoms with Gasteiger partial charge in [-0.05, 0) is 43.0 Å². The molecule has 0 aliphatic rings. The Morgan fingerprint density at radius 1 is 1.21 bits per heavy atom. The zero-order chi connectivity index (χ0) is 10.7. The number of benzene rings is 1. The number of hydrogen-bond acceptors (Lipinski definition) is 1. The lowest BCUT2D eigenvalue weighted by molar-refractivity contribution is 0.183. The molecule has 0 radical (unpaired) electrons. The smallest absolute Gasteiger partial charge is 0.0901 e. The second-order valence-electron chi connectivity index (χ2n) is 3.72. The first-order valence-corrected chi connectivity index (χ1v) is 4.75. The van der Waals surface area contributed by atoms with Crippen molar-refractivity contribution in [1.82, 2.24) is 0 Å². The zero-order valence-electron chi connectivity index (χ0n) is 8.96. The van der Waals surface area contributed by atoms with Crippen LogP contribution in [0.15, 0.2) is 12.1 Å². The van der Waals surface area contributed by atoms with Crippen LogP contribution in [0.5, 0.6) is 0 Å². The van der Waals surface area contributed by atoms with E-state index in [1.165, 1.54) is 11.1 Å². The van der Waals surface area contributed by atoms with Crippen molar-refractivity contribution < 1.29 is 5.11 Å². The molecule has 74 valence electrons. The summed E-state index contributed by atoms with van der Waals surface area (Å²) in [5, 5.41) is 9.77. The molecule has 0 spiro atoms. The largest absolute Gasteiger partial charge is 0.387 e. The number of aryl methyl sites for hydroxylation is 3. The first-order valence-electron chi connectivity index (χ1n) is 4.75. The normalized spacial score (nSPS) is 12.2. The molecule has 1 aromatic rings. The van der Waals surface area contributed by atoms with Crippen LogP contribution in [0.3, 0.4) is 0 Å². The van der Waals surface area contributed by atoms with Crippen LogP contribution in [-0.2, 0) is 0 Å². The molecule has 0 saturated heterocycles. The molecule has 0 bridgehead atoms. The highest BCUT2D eigenvalue weighted by Gasteiger charge is 2.10. The summed E-state index contributed by atoms with van der Waals surface area (Å²) in [6, 6.07) is 4.11. The summed E-state index contributed by atoms with van der Waals surface area (Å²) in [4.78, 5) is 0. The highest BCUT2D eigenvalue weighted by molar-refractivity contribution is 5.37. The van der Waals surface area contributed by atoms with E-state index >= 15 is 0 Å². The Morgan fingerprint density at radius 3 is 2.36 bits per heavy atom. The van der Waals surface area contributed by atoms with E-state index < -0.39 is 6.10 Å². The van der Waals surface area contributed by atoms with Gasteiger partial charge in [0.25, 0.3) is 0 Å². The molecule has 0 fully saturated rings. The van der Waals surface area contributed by atoms with Crippen molar-refractivity contribution in [2.75, 3.05) is 0 Å². The molecular formula is C13H16O. The third-order valence-corrected chi connectivity index (χ3v) is 2.55. The van der Waals surface area contributed by atoms with Gasteiger partial charge in [-0.15, -0.1) is 12.3 Å². The SMILES string of the molecule is C#CCC(O)c1cc(C)c(C)cc1C. The molecule has 14 heavy (non-hydrogen) atoms. The Morgan fingerprint density at radius 2 is 1.79 bits per heavy atom. The Hall–Kier alpha value is -1.26. The summed E-state index contributed by atoms with van der Waals surface area (Å²) < 4.78 is 0. The lowest BCUT2D eigenvalue weighted by Crippen LogP contribution is -2.00. The van der Waals surface area contributed by atoms with E-state index in [9.17, 15) is 5.11 Å². The van der Waals surface area contributed by atoms with E-state index in [1.807, 2.05) is 19.9 Å². The van der Waals surface area contributed by atoms with Crippen LogP contribution in [0, 0.1) is 33.1 Å². The quantitative estimate of drug-likeness (QED) is 0.707. The molecule has 1 heteroatoms. The van der Waals surface area contributed by atoms with Crippen LogP contribution >= 0.6 is 0 Å². The summed E-state index contributed by atoms with van der Waals surface area (Å²) in [5.74, 6) is 2.48. The first-order chi connectivity index (χ1) is 6.56. The minimum atomic E-state index is -0.528. The van der Waals surface area contributed by atoms with Gasteiger partial charge in [0, 0.05) is 6.42 Å². The van der Waals surface area contributed by atoms with E-state index in [1.54, 1.807) is 0 Å². The second kappa shape index (κ2) is 4.30. The predicted octanol–water partition coefficient (Wildman–Crippen LogP) is 2.67. The number of terminal acetylenes is 1. The van der Waals surface area contributed by atoms with Crippen LogP contribution in [0.25, 0.3) is 0 Å². The molecule has 1 unspecified atom stereocenters. The van der Waals surface area contributed by atoms with Crippen molar-refractivity contribution in [2.45, 2.75) is 33.3 Å². The maximum atomic E-state index is 9.77. The fraction of sp³-hybridized carbons (Fsp3) is 0.385. The second-order valence-corrected chi connectivity index (χ2v) is 3.72. The van der Waals surface area contributed by atoms with Crippen molar-refractivity contribution in [3.63, 3.8) is 0 Å². The number of rotatable bonds is 2. The molecule has 1 aromatic carbocycles. The predicted molar refractivity (Wildman–Crippen MR) is 59.1 cm³/mol. The molecule has 0 saturated carbocycles. The summed E-state index contributed by atoms with van der Waals surface area (Å²) >= 11 is 0. The van der Waals surface area contributed by atoms with Gasteiger partial charge in [-0.1, -0.05) is 12.1 Å². The minimum absolute atomic E-state index is 0.378. The Bertz CT molecular complexity index is 372. The first kappa shape index (κ1) is 10.8. The van der Waals surface area contributed by atoms with Crippen molar-refractivity contribution >= 4 is 0 Å². The monoisotopic (exact) mass is 188 g/mol. The van der Waals surface area contributed by atoms with Gasteiger partial charge in [-0.25, -0.2) is 0 Å². The zero-order valence-corrected chi connectivity index (χ0v) is 8.96. The van der Waals surface area contributed by atoms with Gasteiger partial charge in [0.1, 0.15) is 0 Å². The minimum Gasteiger partial charge on any atom is -0.387 e. The highest BCUT2D eigenvalue weighted by Crippen LogP contribution is 2.23. The number of hydrogen-bond donors (Lipinski definition) is 1. The van der Waals surface area contributed by atoms with Gasteiger partial charge in [0.15, 0.2) is 0 Å². The average Bonchev–Trinajstić information content (AvgIpc) is 2.11. The Kier molecular flexibility index (Phi) is 3.33. The Labute approximate surface area is 85.8 Å². The molecule has 0 aliphatic heterocycles. The molecule has 1 rings (SSSR count). The maximum absolute atomic E-state index is 9.77. The summed E-state index contributed by atoms with van der Waals surface area (Å²) in [5.41, 5.74) is 4.50. The fourth-order valence-corrected chi connectivity index (χ4v) is 1.56. The molecule has 0 heterocycles. The van der Waals surface area contributed by atoms with Crippen LogP contribution in [-0.4, -0.2) is 5.11 Å². The molecule has 1 N–H and O–H groups in total. The van der Waals surface area contributed by atoms with Crippen LogP contribution in [0.2, 0.25) is 0 Å². The van der Waals surface area contributed by atoms with E-state index in [-0.39, 0.29) is 0 Å². The third kappa shape index (κ3) is 2.16. The molecule has 0 aliphatic carbocycles. The number of aliphatic hydroxyl groups is 1. The van der Waals surface area contributed by atoms with Gasteiger partial charge >= 0.3 is 0 Å². The van der Waals surface area contributed by atoms with Crippen molar-refractivity contribution in [2.24, 2.45) is 0 Å². The van der Waals surface area contributed by atoms with E-state index in [4.69, 9.17) is 6.42 Å². The van der Waals surface area contributed by atoms with Crippen molar-refractivity contribution in [1.29, 1.82) is 0 Å².